The van der Waals surface area contributed by atoms with Crippen molar-refractivity contribution in [2.75, 3.05) is 13.1 Å². The van der Waals surface area contributed by atoms with Crippen LogP contribution in [0.4, 0.5) is 4.79 Å². The maximum Gasteiger partial charge on any atom is 0.323 e. The van der Waals surface area contributed by atoms with Gasteiger partial charge in [0.1, 0.15) is 5.54 Å². The second kappa shape index (κ2) is 5.87. The van der Waals surface area contributed by atoms with E-state index < -0.39 is 5.54 Å². The van der Waals surface area contributed by atoms with Crippen LogP contribution in [0.5, 0.6) is 0 Å². The van der Waals surface area contributed by atoms with E-state index in [9.17, 15) is 10.1 Å². The first-order valence-corrected chi connectivity index (χ1v) is 7.34. The van der Waals surface area contributed by atoms with Crippen LogP contribution in [0.3, 0.4) is 0 Å². The summed E-state index contributed by atoms with van der Waals surface area (Å²) in [5.41, 5.74) is -0.483. The van der Waals surface area contributed by atoms with Gasteiger partial charge in [0, 0.05) is 13.1 Å². The van der Waals surface area contributed by atoms with Crippen LogP contribution < -0.4 is 10.0 Å². The molecule has 98 valence electrons. The predicted molar refractivity (Wildman–Crippen MR) is 74.9 cm³/mol. The molecular formula is C11H16N4OS2. The van der Waals surface area contributed by atoms with E-state index in [1.165, 1.54) is 23.3 Å². The number of nitrogens with one attached hydrogen (secondary N) is 2. The number of hydrogen-bond acceptors (Lipinski definition) is 5. The first kappa shape index (κ1) is 13.6. The van der Waals surface area contributed by atoms with Gasteiger partial charge in [-0.1, -0.05) is 31.5 Å². The molecule has 1 aliphatic heterocycles. The quantitative estimate of drug-likeness (QED) is 0.597. The van der Waals surface area contributed by atoms with Gasteiger partial charge in [-0.25, -0.2) is 9.52 Å². The fourth-order valence-corrected chi connectivity index (χ4v) is 3.35. The highest BCUT2D eigenvalue weighted by molar-refractivity contribution is 8.21. The van der Waals surface area contributed by atoms with Crippen molar-refractivity contribution in [2.24, 2.45) is 0 Å². The Hall–Kier alpha value is -0.840. The second-order valence-corrected chi connectivity index (χ2v) is 6.05. The molecule has 0 radical (unpaired) electrons. The van der Waals surface area contributed by atoms with Crippen molar-refractivity contribution in [3.8, 4) is 6.07 Å². The Bertz CT molecular complexity index is 387. The Kier molecular flexibility index (Phi) is 4.43. The lowest BCUT2D eigenvalue weighted by molar-refractivity contribution is 0.235. The van der Waals surface area contributed by atoms with Gasteiger partial charge in [0.25, 0.3) is 0 Å². The van der Waals surface area contributed by atoms with Crippen molar-refractivity contribution < 1.29 is 4.79 Å². The highest BCUT2D eigenvalue weighted by Crippen LogP contribution is 2.29. The number of hydrogen-bond donors (Lipinski definition) is 2. The fourth-order valence-electron chi connectivity index (χ4n) is 2.23. The molecule has 7 heteroatoms. The summed E-state index contributed by atoms with van der Waals surface area (Å²) in [5, 5.41) is 12.0. The fraction of sp³-hybridized carbons (Fsp3) is 0.727. The van der Waals surface area contributed by atoms with Crippen LogP contribution in [0.15, 0.2) is 0 Å². The van der Waals surface area contributed by atoms with Gasteiger partial charge in [0.2, 0.25) is 0 Å². The molecule has 1 saturated heterocycles. The molecule has 2 rings (SSSR count). The summed E-state index contributed by atoms with van der Waals surface area (Å²) in [4.78, 5) is 13.0. The minimum absolute atomic E-state index is 0.149. The maximum absolute atomic E-state index is 11.4. The van der Waals surface area contributed by atoms with E-state index in [1.54, 1.807) is 0 Å². The Labute approximate surface area is 116 Å². The summed E-state index contributed by atoms with van der Waals surface area (Å²) in [5.74, 6) is 0. The van der Waals surface area contributed by atoms with E-state index in [-0.39, 0.29) is 6.03 Å². The van der Waals surface area contributed by atoms with Crippen LogP contribution in [-0.4, -0.2) is 33.9 Å². The van der Waals surface area contributed by atoms with Crippen molar-refractivity contribution in [1.29, 1.82) is 5.26 Å². The monoisotopic (exact) mass is 284 g/mol. The smallest absolute Gasteiger partial charge is 0.323 e. The first-order valence-electron chi connectivity index (χ1n) is 6.11. The van der Waals surface area contributed by atoms with Gasteiger partial charge in [0.15, 0.2) is 4.32 Å². The van der Waals surface area contributed by atoms with Crippen molar-refractivity contribution >= 4 is 34.5 Å². The SMILES string of the molecule is N#CC1(NSC(=S)N2CCNC2=O)CCCCC1. The lowest BCUT2D eigenvalue weighted by atomic mass is 9.84. The average molecular weight is 284 g/mol. The molecule has 2 fully saturated rings. The van der Waals surface area contributed by atoms with Crippen molar-refractivity contribution in [3.63, 3.8) is 0 Å². The topological polar surface area (TPSA) is 68.2 Å². The molecule has 0 atom stereocenters. The van der Waals surface area contributed by atoms with Gasteiger partial charge < -0.3 is 5.32 Å². The molecule has 0 spiro atoms. The zero-order valence-corrected chi connectivity index (χ0v) is 11.7. The molecular weight excluding hydrogens is 268 g/mol. The third-order valence-corrected chi connectivity index (χ3v) is 4.69. The normalized spacial score (nSPS) is 22.4. The van der Waals surface area contributed by atoms with Gasteiger partial charge in [-0.2, -0.15) is 5.26 Å². The summed E-state index contributed by atoms with van der Waals surface area (Å²) in [6, 6.07) is 2.21. The molecule has 1 aliphatic carbocycles. The molecule has 2 amide bonds. The first-order chi connectivity index (χ1) is 8.67. The summed E-state index contributed by atoms with van der Waals surface area (Å²) in [6.07, 6.45) is 5.03. The zero-order valence-electron chi connectivity index (χ0n) is 10.1. The van der Waals surface area contributed by atoms with Crippen molar-refractivity contribution in [1.82, 2.24) is 14.9 Å². The molecule has 0 aromatic heterocycles. The second-order valence-electron chi connectivity index (χ2n) is 4.61. The lowest BCUT2D eigenvalue weighted by Gasteiger charge is -2.31. The molecule has 18 heavy (non-hydrogen) atoms. The van der Waals surface area contributed by atoms with Gasteiger partial charge in [-0.15, -0.1) is 0 Å². The number of urea groups is 1. The van der Waals surface area contributed by atoms with Crippen LogP contribution in [0.1, 0.15) is 32.1 Å². The van der Waals surface area contributed by atoms with Gasteiger partial charge in [-0.3, -0.25) is 4.90 Å². The van der Waals surface area contributed by atoms with Crippen LogP contribution in [-0.2, 0) is 0 Å². The van der Waals surface area contributed by atoms with E-state index in [0.29, 0.717) is 17.4 Å². The largest absolute Gasteiger partial charge is 0.336 e. The molecule has 1 heterocycles. The highest BCUT2D eigenvalue weighted by atomic mass is 32.2. The van der Waals surface area contributed by atoms with Crippen LogP contribution in [0, 0.1) is 11.3 Å². The third kappa shape index (κ3) is 2.94. The van der Waals surface area contributed by atoms with Crippen LogP contribution >= 0.6 is 24.2 Å². The maximum atomic E-state index is 11.4. The standard InChI is InChI=1S/C11H16N4OS2/c12-8-11(4-2-1-3-5-11)14-18-10(17)15-7-6-13-9(15)16/h14H,1-7H2,(H,13,16). The van der Waals surface area contributed by atoms with E-state index in [1.807, 2.05) is 0 Å². The number of thiocarbonyl (C=S) groups is 1. The van der Waals surface area contributed by atoms with Crippen LogP contribution in [0.2, 0.25) is 0 Å². The van der Waals surface area contributed by atoms with E-state index in [2.05, 4.69) is 16.1 Å². The number of carbonyl (C=O) groups excluding carboxylic acids is 1. The molecule has 0 bridgehead atoms. The Morgan fingerprint density at radius 3 is 2.78 bits per heavy atom. The molecule has 0 aromatic rings. The molecule has 2 aliphatic rings. The molecule has 0 unspecified atom stereocenters. The molecule has 5 nitrogen and oxygen atoms in total. The molecule has 2 N–H and O–H groups in total. The molecule has 1 saturated carbocycles. The van der Waals surface area contributed by atoms with Crippen molar-refractivity contribution in [3.05, 3.63) is 0 Å². The highest BCUT2D eigenvalue weighted by Gasteiger charge is 2.33. The number of nitrogens with zero attached hydrogens (tertiary/aromatic N) is 2. The van der Waals surface area contributed by atoms with Gasteiger partial charge in [-0.05, 0) is 24.8 Å². The number of amides is 2. The van der Waals surface area contributed by atoms with E-state index >= 15 is 0 Å². The average Bonchev–Trinajstić information content (AvgIpc) is 2.83. The lowest BCUT2D eigenvalue weighted by Crippen LogP contribution is -2.43. The number of nitriles is 1. The van der Waals surface area contributed by atoms with Crippen LogP contribution in [0.25, 0.3) is 0 Å². The Balaban J connectivity index is 1.88. The summed E-state index contributed by atoms with van der Waals surface area (Å²) in [7, 11) is 0. The van der Waals surface area contributed by atoms with E-state index in [0.717, 1.165) is 25.7 Å². The molecule has 0 aromatic carbocycles. The summed E-state index contributed by atoms with van der Waals surface area (Å²) in [6.45, 7) is 1.23. The Morgan fingerprint density at radius 1 is 1.50 bits per heavy atom. The Morgan fingerprint density at radius 2 is 2.22 bits per heavy atom. The predicted octanol–water partition coefficient (Wildman–Crippen LogP) is 1.76. The van der Waals surface area contributed by atoms with Gasteiger partial charge in [0.05, 0.1) is 6.07 Å². The minimum atomic E-state index is -0.483. The number of carbonyl (C=O) groups is 1. The minimum Gasteiger partial charge on any atom is -0.336 e. The zero-order chi connectivity index (χ0) is 13.0. The number of rotatable bonds is 2. The van der Waals surface area contributed by atoms with Gasteiger partial charge >= 0.3 is 6.03 Å². The van der Waals surface area contributed by atoms with E-state index in [4.69, 9.17) is 12.2 Å². The van der Waals surface area contributed by atoms with Crippen molar-refractivity contribution in [2.45, 2.75) is 37.6 Å². The third-order valence-electron chi connectivity index (χ3n) is 3.33. The summed E-state index contributed by atoms with van der Waals surface area (Å²) < 4.78 is 3.67. The summed E-state index contributed by atoms with van der Waals surface area (Å²) >= 11 is 6.44.